The summed E-state index contributed by atoms with van der Waals surface area (Å²) in [5, 5.41) is 10.7. The summed E-state index contributed by atoms with van der Waals surface area (Å²) in [6.07, 6.45) is 0. The Morgan fingerprint density at radius 2 is 2.39 bits per heavy atom. The fraction of sp³-hybridized carbons (Fsp3) is 0.364. The van der Waals surface area contributed by atoms with Gasteiger partial charge in [-0.05, 0) is 13.0 Å². The summed E-state index contributed by atoms with van der Waals surface area (Å²) in [6.45, 7) is 3.37. The predicted octanol–water partition coefficient (Wildman–Crippen LogP) is 3.33. The largest absolute Gasteiger partial charge is 0.381 e. The van der Waals surface area contributed by atoms with Crippen LogP contribution in [0.3, 0.4) is 0 Å². The molecule has 0 saturated heterocycles. The number of hydrogen-bond acceptors (Lipinski definition) is 6. The Balaban J connectivity index is 2.09. The van der Waals surface area contributed by atoms with E-state index in [0.29, 0.717) is 18.7 Å². The number of thioether (sulfide) groups is 1. The molecule has 0 N–H and O–H groups in total. The van der Waals surface area contributed by atoms with Gasteiger partial charge in [-0.2, -0.15) is 0 Å². The summed E-state index contributed by atoms with van der Waals surface area (Å²) < 4.78 is 7.14. The molecule has 0 aliphatic heterocycles. The molecule has 1 aromatic heterocycles. The summed E-state index contributed by atoms with van der Waals surface area (Å²) in [4.78, 5) is 14.6. The van der Waals surface area contributed by atoms with E-state index in [2.05, 4.69) is 4.98 Å². The molecule has 0 bridgehead atoms. The predicted molar refractivity (Wildman–Crippen MR) is 73.5 cm³/mol. The molecule has 7 heteroatoms. The van der Waals surface area contributed by atoms with Gasteiger partial charge in [-0.25, -0.2) is 4.98 Å². The van der Waals surface area contributed by atoms with Crippen LogP contribution >= 0.6 is 23.1 Å². The van der Waals surface area contributed by atoms with E-state index in [1.165, 1.54) is 12.1 Å². The Bertz CT molecular complexity index is 556. The quantitative estimate of drug-likeness (QED) is 0.352. The average Bonchev–Trinajstić information content (AvgIpc) is 2.76. The first kappa shape index (κ1) is 13.3. The lowest BCUT2D eigenvalue weighted by molar-refractivity contribution is -0.384. The third-order valence-corrected chi connectivity index (χ3v) is 4.36. The number of nitrogens with zero attached hydrogens (tertiary/aromatic N) is 2. The second-order valence-corrected chi connectivity index (χ2v) is 5.81. The summed E-state index contributed by atoms with van der Waals surface area (Å²) >= 11 is 3.16. The minimum Gasteiger partial charge on any atom is -0.381 e. The van der Waals surface area contributed by atoms with Gasteiger partial charge in [0.2, 0.25) is 0 Å². The van der Waals surface area contributed by atoms with Crippen LogP contribution in [0.5, 0.6) is 0 Å². The van der Waals surface area contributed by atoms with Crippen LogP contribution in [0.25, 0.3) is 10.2 Å². The van der Waals surface area contributed by atoms with Gasteiger partial charge >= 0.3 is 0 Å². The van der Waals surface area contributed by atoms with Crippen molar-refractivity contribution in [2.24, 2.45) is 0 Å². The number of rotatable bonds is 6. The SMILES string of the molecule is CCOCCSc1nc2cc([N+](=O)[O-])ccc2s1. The molecule has 0 spiro atoms. The number of non-ortho nitro benzene ring substituents is 1. The van der Waals surface area contributed by atoms with Crippen LogP contribution in [0.1, 0.15) is 6.92 Å². The van der Waals surface area contributed by atoms with Gasteiger partial charge in [0, 0.05) is 24.5 Å². The van der Waals surface area contributed by atoms with Crippen molar-refractivity contribution in [2.45, 2.75) is 11.3 Å². The van der Waals surface area contributed by atoms with Crippen LogP contribution in [0.2, 0.25) is 0 Å². The highest BCUT2D eigenvalue weighted by molar-refractivity contribution is 8.01. The van der Waals surface area contributed by atoms with Gasteiger partial charge in [0.15, 0.2) is 4.34 Å². The second-order valence-electron chi connectivity index (χ2n) is 3.43. The minimum absolute atomic E-state index is 0.0821. The van der Waals surface area contributed by atoms with Crippen molar-refractivity contribution in [1.82, 2.24) is 4.98 Å². The number of thiazole rings is 1. The zero-order chi connectivity index (χ0) is 13.0. The number of benzene rings is 1. The van der Waals surface area contributed by atoms with Gasteiger partial charge in [0.25, 0.3) is 5.69 Å². The minimum atomic E-state index is -0.402. The first-order valence-electron chi connectivity index (χ1n) is 5.46. The maximum Gasteiger partial charge on any atom is 0.271 e. The topological polar surface area (TPSA) is 65.3 Å². The molecule has 2 rings (SSSR count). The molecule has 96 valence electrons. The molecule has 18 heavy (non-hydrogen) atoms. The van der Waals surface area contributed by atoms with E-state index >= 15 is 0 Å². The molecule has 0 aliphatic rings. The van der Waals surface area contributed by atoms with E-state index < -0.39 is 4.92 Å². The van der Waals surface area contributed by atoms with Crippen LogP contribution in [-0.2, 0) is 4.74 Å². The Labute approximate surface area is 112 Å². The molecule has 5 nitrogen and oxygen atoms in total. The number of nitro groups is 1. The van der Waals surface area contributed by atoms with Crippen molar-refractivity contribution in [3.05, 3.63) is 28.3 Å². The number of fused-ring (bicyclic) bond motifs is 1. The van der Waals surface area contributed by atoms with Gasteiger partial charge in [0.05, 0.1) is 21.7 Å². The van der Waals surface area contributed by atoms with Gasteiger partial charge in [-0.15, -0.1) is 11.3 Å². The third-order valence-electron chi connectivity index (χ3n) is 2.22. The van der Waals surface area contributed by atoms with E-state index in [-0.39, 0.29) is 5.69 Å². The van der Waals surface area contributed by atoms with Crippen molar-refractivity contribution in [2.75, 3.05) is 19.0 Å². The molecule has 0 radical (unpaired) electrons. The van der Waals surface area contributed by atoms with E-state index in [0.717, 1.165) is 14.8 Å². The van der Waals surface area contributed by atoms with Gasteiger partial charge in [-0.3, -0.25) is 10.1 Å². The maximum atomic E-state index is 10.7. The molecule has 0 unspecified atom stereocenters. The Hall–Kier alpha value is -1.18. The highest BCUT2D eigenvalue weighted by Gasteiger charge is 2.10. The first-order valence-corrected chi connectivity index (χ1v) is 7.26. The van der Waals surface area contributed by atoms with Crippen molar-refractivity contribution in [3.63, 3.8) is 0 Å². The van der Waals surface area contributed by atoms with Crippen LogP contribution < -0.4 is 0 Å². The lowest BCUT2D eigenvalue weighted by Gasteiger charge is -1.97. The van der Waals surface area contributed by atoms with Crippen molar-refractivity contribution in [1.29, 1.82) is 0 Å². The molecular weight excluding hydrogens is 272 g/mol. The van der Waals surface area contributed by atoms with E-state index in [1.54, 1.807) is 29.2 Å². The molecule has 0 atom stereocenters. The fourth-order valence-corrected chi connectivity index (χ4v) is 3.37. The zero-order valence-electron chi connectivity index (χ0n) is 9.79. The summed E-state index contributed by atoms with van der Waals surface area (Å²) in [7, 11) is 0. The van der Waals surface area contributed by atoms with E-state index in [9.17, 15) is 10.1 Å². The number of aromatic nitrogens is 1. The normalized spacial score (nSPS) is 10.9. The second kappa shape index (κ2) is 6.12. The van der Waals surface area contributed by atoms with E-state index in [1.807, 2.05) is 6.92 Å². The zero-order valence-corrected chi connectivity index (χ0v) is 11.4. The monoisotopic (exact) mass is 284 g/mol. The van der Waals surface area contributed by atoms with Gasteiger partial charge in [-0.1, -0.05) is 11.8 Å². The summed E-state index contributed by atoms with van der Waals surface area (Å²) in [6, 6.07) is 4.77. The van der Waals surface area contributed by atoms with Crippen molar-refractivity contribution < 1.29 is 9.66 Å². The number of ether oxygens (including phenoxy) is 1. The van der Waals surface area contributed by atoms with Gasteiger partial charge in [0.1, 0.15) is 0 Å². The third kappa shape index (κ3) is 3.18. The van der Waals surface area contributed by atoms with Crippen LogP contribution in [-0.4, -0.2) is 28.9 Å². The maximum absolute atomic E-state index is 10.7. The highest BCUT2D eigenvalue weighted by Crippen LogP contribution is 2.31. The molecule has 1 aromatic carbocycles. The van der Waals surface area contributed by atoms with Crippen LogP contribution in [0.15, 0.2) is 22.5 Å². The molecule has 0 aliphatic carbocycles. The lowest BCUT2D eigenvalue weighted by Crippen LogP contribution is -1.95. The average molecular weight is 284 g/mol. The number of hydrogen-bond donors (Lipinski definition) is 0. The number of nitro benzene ring substituents is 1. The van der Waals surface area contributed by atoms with Crippen molar-refractivity contribution in [3.8, 4) is 0 Å². The van der Waals surface area contributed by atoms with Crippen LogP contribution in [0, 0.1) is 10.1 Å². The Kier molecular flexibility index (Phi) is 4.51. The molecule has 1 heterocycles. The lowest BCUT2D eigenvalue weighted by atomic mass is 10.3. The highest BCUT2D eigenvalue weighted by atomic mass is 32.2. The molecule has 0 fully saturated rings. The molecular formula is C11H12N2O3S2. The summed E-state index contributed by atoms with van der Waals surface area (Å²) in [5.74, 6) is 0.843. The fourth-order valence-electron chi connectivity index (χ4n) is 1.40. The first-order chi connectivity index (χ1) is 8.70. The smallest absolute Gasteiger partial charge is 0.271 e. The molecule has 0 saturated carbocycles. The van der Waals surface area contributed by atoms with Gasteiger partial charge < -0.3 is 4.74 Å². The molecule has 2 aromatic rings. The standard InChI is InChI=1S/C11H12N2O3S2/c1-2-16-5-6-17-11-12-9-7-8(13(14)15)3-4-10(9)18-11/h3-4,7H,2,5-6H2,1H3. The van der Waals surface area contributed by atoms with E-state index in [4.69, 9.17) is 4.74 Å². The molecule has 0 amide bonds. The summed E-state index contributed by atoms with van der Waals surface area (Å²) in [5.41, 5.74) is 0.770. The van der Waals surface area contributed by atoms with Crippen LogP contribution in [0.4, 0.5) is 5.69 Å². The Morgan fingerprint density at radius 3 is 3.11 bits per heavy atom. The Morgan fingerprint density at radius 1 is 1.56 bits per heavy atom. The van der Waals surface area contributed by atoms with Crippen molar-refractivity contribution >= 4 is 39.0 Å².